The highest BCUT2D eigenvalue weighted by Gasteiger charge is 2.27. The Morgan fingerprint density at radius 2 is 2.47 bits per heavy atom. The molecule has 2 heterocycles. The van der Waals surface area contributed by atoms with Crippen LogP contribution in [-0.4, -0.2) is 46.4 Å². The van der Waals surface area contributed by atoms with Crippen molar-refractivity contribution < 1.29 is 9.53 Å². The van der Waals surface area contributed by atoms with Gasteiger partial charge >= 0.3 is 0 Å². The molecule has 6 heteroatoms. The lowest BCUT2D eigenvalue weighted by atomic mass is 10.2. The van der Waals surface area contributed by atoms with Gasteiger partial charge in [-0.25, -0.2) is 0 Å². The summed E-state index contributed by atoms with van der Waals surface area (Å²) in [5.74, 6) is -0.106. The number of anilines is 1. The number of aryl methyl sites for hydroxylation is 1. The van der Waals surface area contributed by atoms with E-state index in [0.717, 1.165) is 0 Å². The first-order valence-corrected chi connectivity index (χ1v) is 5.85. The Hall–Kier alpha value is -1.56. The molecule has 0 spiro atoms. The zero-order valence-corrected chi connectivity index (χ0v) is 10.2. The highest BCUT2D eigenvalue weighted by molar-refractivity contribution is 5.97. The molecule has 2 N–H and O–H groups in total. The Morgan fingerprint density at radius 3 is 3.06 bits per heavy atom. The van der Waals surface area contributed by atoms with Gasteiger partial charge in [-0.05, 0) is 13.8 Å². The molecule has 17 heavy (non-hydrogen) atoms. The second-order valence-electron chi connectivity index (χ2n) is 4.21. The fraction of sp³-hybridized carbons (Fsp3) is 0.636. The molecule has 1 aromatic heterocycles. The van der Waals surface area contributed by atoms with Crippen molar-refractivity contribution in [3.63, 3.8) is 0 Å². The van der Waals surface area contributed by atoms with Crippen LogP contribution in [0.4, 0.5) is 5.69 Å². The predicted octanol–water partition coefficient (Wildman–Crippen LogP) is 0.346. The number of hydrogen-bond acceptors (Lipinski definition) is 4. The molecular weight excluding hydrogens is 220 g/mol. The van der Waals surface area contributed by atoms with Gasteiger partial charge in [0.1, 0.15) is 0 Å². The molecule has 0 aromatic carbocycles. The van der Waals surface area contributed by atoms with E-state index in [0.29, 0.717) is 37.7 Å². The average molecular weight is 238 g/mol. The van der Waals surface area contributed by atoms with Gasteiger partial charge in [-0.3, -0.25) is 9.48 Å². The molecule has 2 rings (SSSR count). The summed E-state index contributed by atoms with van der Waals surface area (Å²) >= 11 is 0. The molecule has 1 saturated heterocycles. The van der Waals surface area contributed by atoms with Crippen molar-refractivity contribution in [3.05, 3.63) is 11.9 Å². The summed E-state index contributed by atoms with van der Waals surface area (Å²) < 4.78 is 6.98. The molecule has 1 aliphatic rings. The second-order valence-corrected chi connectivity index (χ2v) is 4.21. The van der Waals surface area contributed by atoms with E-state index in [9.17, 15) is 4.79 Å². The van der Waals surface area contributed by atoms with Crippen LogP contribution in [0.1, 0.15) is 24.3 Å². The lowest BCUT2D eigenvalue weighted by Crippen LogP contribution is -2.47. The van der Waals surface area contributed by atoms with Crippen LogP contribution in [0.25, 0.3) is 0 Å². The number of nitrogens with zero attached hydrogens (tertiary/aromatic N) is 3. The number of morpholine rings is 1. The summed E-state index contributed by atoms with van der Waals surface area (Å²) in [6.07, 6.45) is 1.69. The molecule has 1 fully saturated rings. The van der Waals surface area contributed by atoms with Gasteiger partial charge in [0.05, 0.1) is 24.9 Å². The Bertz CT molecular complexity index is 416. The maximum atomic E-state index is 12.3. The highest BCUT2D eigenvalue weighted by Crippen LogP contribution is 2.16. The summed E-state index contributed by atoms with van der Waals surface area (Å²) in [5.41, 5.74) is 6.60. The van der Waals surface area contributed by atoms with Crippen molar-refractivity contribution in [1.29, 1.82) is 0 Å². The maximum absolute atomic E-state index is 12.3. The standard InChI is InChI=1S/C11H18N4O2/c1-3-14-6-9(12)10(13-14)11(16)15-4-5-17-7-8(15)2/h6,8H,3-5,7,12H2,1-2H3. The lowest BCUT2D eigenvalue weighted by Gasteiger charge is -2.32. The van der Waals surface area contributed by atoms with Gasteiger partial charge in [0.2, 0.25) is 0 Å². The summed E-state index contributed by atoms with van der Waals surface area (Å²) in [6, 6.07) is 0.0717. The van der Waals surface area contributed by atoms with Crippen LogP contribution in [0.3, 0.4) is 0 Å². The van der Waals surface area contributed by atoms with Gasteiger partial charge in [0, 0.05) is 19.3 Å². The molecule has 1 aliphatic heterocycles. The van der Waals surface area contributed by atoms with Gasteiger partial charge < -0.3 is 15.4 Å². The number of amides is 1. The molecule has 1 aromatic rings. The molecule has 0 radical (unpaired) electrons. The number of nitrogens with two attached hydrogens (primary N) is 1. The van der Waals surface area contributed by atoms with E-state index in [1.807, 2.05) is 13.8 Å². The first-order valence-electron chi connectivity index (χ1n) is 5.85. The lowest BCUT2D eigenvalue weighted by molar-refractivity contribution is 0.00328. The zero-order chi connectivity index (χ0) is 12.4. The SMILES string of the molecule is CCn1cc(N)c(C(=O)N2CCOCC2C)n1. The van der Waals surface area contributed by atoms with Gasteiger partial charge in [-0.2, -0.15) is 5.10 Å². The van der Waals surface area contributed by atoms with Crippen molar-refractivity contribution in [2.75, 3.05) is 25.5 Å². The number of ether oxygens (including phenoxy) is 1. The molecule has 0 saturated carbocycles. The molecular formula is C11H18N4O2. The minimum atomic E-state index is -0.106. The Morgan fingerprint density at radius 1 is 1.71 bits per heavy atom. The molecule has 1 unspecified atom stereocenters. The van der Waals surface area contributed by atoms with Crippen LogP contribution >= 0.6 is 0 Å². The van der Waals surface area contributed by atoms with Crippen molar-refractivity contribution >= 4 is 11.6 Å². The molecule has 0 aliphatic carbocycles. The van der Waals surface area contributed by atoms with Gasteiger partial charge in [-0.1, -0.05) is 0 Å². The van der Waals surface area contributed by atoms with Crippen LogP contribution in [0.15, 0.2) is 6.20 Å². The van der Waals surface area contributed by atoms with Crippen LogP contribution < -0.4 is 5.73 Å². The summed E-state index contributed by atoms with van der Waals surface area (Å²) in [5, 5.41) is 4.20. The van der Waals surface area contributed by atoms with Gasteiger partial charge in [0.25, 0.3) is 5.91 Å². The van der Waals surface area contributed by atoms with E-state index >= 15 is 0 Å². The van der Waals surface area contributed by atoms with Crippen LogP contribution in [0.5, 0.6) is 0 Å². The first kappa shape index (κ1) is 11.9. The van der Waals surface area contributed by atoms with Crippen molar-refractivity contribution in [3.8, 4) is 0 Å². The molecule has 6 nitrogen and oxygen atoms in total. The number of nitrogen functional groups attached to an aromatic ring is 1. The van der Waals surface area contributed by atoms with E-state index < -0.39 is 0 Å². The van der Waals surface area contributed by atoms with Gasteiger partial charge in [0.15, 0.2) is 5.69 Å². The molecule has 0 bridgehead atoms. The normalized spacial score (nSPS) is 20.6. The summed E-state index contributed by atoms with van der Waals surface area (Å²) in [4.78, 5) is 14.0. The Kier molecular flexibility index (Phi) is 3.33. The molecule has 1 atom stereocenters. The van der Waals surface area contributed by atoms with E-state index in [1.54, 1.807) is 15.8 Å². The molecule has 1 amide bonds. The third-order valence-electron chi connectivity index (χ3n) is 2.95. The summed E-state index contributed by atoms with van der Waals surface area (Å²) in [7, 11) is 0. The van der Waals surface area contributed by atoms with Crippen molar-refractivity contribution in [2.45, 2.75) is 26.4 Å². The number of rotatable bonds is 2. The maximum Gasteiger partial charge on any atom is 0.276 e. The predicted molar refractivity (Wildman–Crippen MR) is 63.6 cm³/mol. The third kappa shape index (κ3) is 2.26. The summed E-state index contributed by atoms with van der Waals surface area (Å²) in [6.45, 7) is 6.36. The van der Waals surface area contributed by atoms with Crippen LogP contribution in [-0.2, 0) is 11.3 Å². The van der Waals surface area contributed by atoms with E-state index in [1.165, 1.54) is 0 Å². The van der Waals surface area contributed by atoms with E-state index in [4.69, 9.17) is 10.5 Å². The van der Waals surface area contributed by atoms with E-state index in [2.05, 4.69) is 5.10 Å². The van der Waals surface area contributed by atoms with Gasteiger partial charge in [-0.15, -0.1) is 0 Å². The van der Waals surface area contributed by atoms with Crippen LogP contribution in [0, 0.1) is 0 Å². The number of hydrogen-bond donors (Lipinski definition) is 1. The van der Waals surface area contributed by atoms with Crippen molar-refractivity contribution in [2.24, 2.45) is 0 Å². The first-order chi connectivity index (χ1) is 8.13. The Balaban J connectivity index is 2.20. The minimum Gasteiger partial charge on any atom is -0.396 e. The number of aromatic nitrogens is 2. The quantitative estimate of drug-likeness (QED) is 0.806. The van der Waals surface area contributed by atoms with Crippen LogP contribution in [0.2, 0.25) is 0 Å². The fourth-order valence-electron chi connectivity index (χ4n) is 1.93. The largest absolute Gasteiger partial charge is 0.396 e. The monoisotopic (exact) mass is 238 g/mol. The second kappa shape index (κ2) is 4.75. The average Bonchev–Trinajstić information content (AvgIpc) is 2.70. The topological polar surface area (TPSA) is 73.4 Å². The number of carbonyl (C=O) groups excluding carboxylic acids is 1. The highest BCUT2D eigenvalue weighted by atomic mass is 16.5. The fourth-order valence-corrected chi connectivity index (χ4v) is 1.93. The van der Waals surface area contributed by atoms with Crippen molar-refractivity contribution in [1.82, 2.24) is 14.7 Å². The third-order valence-corrected chi connectivity index (χ3v) is 2.95. The molecule has 94 valence electrons. The smallest absolute Gasteiger partial charge is 0.276 e. The number of carbonyl (C=O) groups is 1. The van der Waals surface area contributed by atoms with E-state index in [-0.39, 0.29) is 11.9 Å². The minimum absolute atomic E-state index is 0.0717. The Labute approximate surface area is 100 Å². The zero-order valence-electron chi connectivity index (χ0n) is 10.2.